The summed E-state index contributed by atoms with van der Waals surface area (Å²) in [5.74, 6) is -0.0627. The molecule has 3 aromatic rings. The van der Waals surface area contributed by atoms with Crippen LogP contribution in [0.5, 0.6) is 0 Å². The van der Waals surface area contributed by atoms with Crippen molar-refractivity contribution in [2.45, 2.75) is 33.2 Å². The number of esters is 1. The third-order valence-corrected chi connectivity index (χ3v) is 5.19. The van der Waals surface area contributed by atoms with E-state index >= 15 is 0 Å². The van der Waals surface area contributed by atoms with Crippen LogP contribution in [-0.2, 0) is 16.1 Å². The van der Waals surface area contributed by atoms with Crippen LogP contribution in [0.1, 0.15) is 32.3 Å². The molecule has 1 heterocycles. The van der Waals surface area contributed by atoms with Crippen molar-refractivity contribution in [1.29, 1.82) is 0 Å². The van der Waals surface area contributed by atoms with Crippen molar-refractivity contribution in [2.75, 3.05) is 25.6 Å². The van der Waals surface area contributed by atoms with E-state index in [9.17, 15) is 9.59 Å². The van der Waals surface area contributed by atoms with E-state index in [-0.39, 0.29) is 17.9 Å². The van der Waals surface area contributed by atoms with E-state index in [1.807, 2.05) is 41.8 Å². The minimum Gasteiger partial charge on any atom is -0.465 e. The average molecular weight is 401 g/mol. The Kier molecular flexibility index (Phi) is 5.66. The summed E-state index contributed by atoms with van der Waals surface area (Å²) >= 11 is 6.48. The van der Waals surface area contributed by atoms with E-state index in [2.05, 4.69) is 13.8 Å². The molecule has 0 spiro atoms. The quantitative estimate of drug-likeness (QED) is 0.465. The maximum atomic E-state index is 13.2. The standard InChI is InChI=1S/C22H25ClN2O3/c1-6-28-19(26)12-25-18-11-14(13(2)3)7-8-15(18)22(27)16-9-10-17(23)21(20(16)25)24(4)5/h7-11,13H,6,12H2,1-5H3. The highest BCUT2D eigenvalue weighted by Gasteiger charge is 2.20. The first kappa shape index (κ1) is 20.2. The minimum atomic E-state index is -0.353. The highest BCUT2D eigenvalue weighted by Crippen LogP contribution is 2.34. The first-order chi connectivity index (χ1) is 13.3. The minimum absolute atomic E-state index is 0.00382. The summed E-state index contributed by atoms with van der Waals surface area (Å²) in [4.78, 5) is 27.5. The maximum Gasteiger partial charge on any atom is 0.325 e. The zero-order valence-electron chi connectivity index (χ0n) is 16.9. The molecule has 28 heavy (non-hydrogen) atoms. The van der Waals surface area contributed by atoms with Crippen LogP contribution < -0.4 is 10.3 Å². The number of fused-ring (bicyclic) bond motifs is 2. The van der Waals surface area contributed by atoms with Crippen LogP contribution in [-0.4, -0.2) is 31.2 Å². The summed E-state index contributed by atoms with van der Waals surface area (Å²) in [6.45, 7) is 6.27. The number of hydrogen-bond acceptors (Lipinski definition) is 4. The van der Waals surface area contributed by atoms with Gasteiger partial charge in [0, 0.05) is 24.9 Å². The number of benzene rings is 2. The molecule has 0 saturated carbocycles. The smallest absolute Gasteiger partial charge is 0.325 e. The summed E-state index contributed by atoms with van der Waals surface area (Å²) in [6, 6.07) is 9.25. The molecule has 0 aliphatic heterocycles. The van der Waals surface area contributed by atoms with Gasteiger partial charge < -0.3 is 14.2 Å². The van der Waals surface area contributed by atoms with Crippen LogP contribution >= 0.6 is 11.6 Å². The van der Waals surface area contributed by atoms with E-state index in [0.717, 1.165) is 5.56 Å². The van der Waals surface area contributed by atoms with Gasteiger partial charge in [-0.15, -0.1) is 0 Å². The lowest BCUT2D eigenvalue weighted by Gasteiger charge is -2.22. The number of carbonyl (C=O) groups is 1. The Hall–Kier alpha value is -2.53. The summed E-state index contributed by atoms with van der Waals surface area (Å²) in [5.41, 5.74) is 3.08. The molecule has 5 nitrogen and oxygen atoms in total. The fraction of sp³-hybridized carbons (Fsp3) is 0.364. The van der Waals surface area contributed by atoms with E-state index in [0.29, 0.717) is 45.0 Å². The molecule has 0 saturated heterocycles. The van der Waals surface area contributed by atoms with Crippen molar-refractivity contribution in [3.63, 3.8) is 0 Å². The van der Waals surface area contributed by atoms with E-state index in [1.165, 1.54) is 0 Å². The lowest BCUT2D eigenvalue weighted by Crippen LogP contribution is -2.21. The third-order valence-electron chi connectivity index (χ3n) is 4.88. The molecule has 0 fully saturated rings. The Morgan fingerprint density at radius 2 is 1.86 bits per heavy atom. The molecule has 2 aromatic carbocycles. The van der Waals surface area contributed by atoms with Crippen LogP contribution in [0.25, 0.3) is 21.8 Å². The Morgan fingerprint density at radius 1 is 1.18 bits per heavy atom. The molecule has 0 aliphatic carbocycles. The highest BCUT2D eigenvalue weighted by molar-refractivity contribution is 6.35. The van der Waals surface area contributed by atoms with Crippen LogP contribution in [0, 0.1) is 0 Å². The maximum absolute atomic E-state index is 13.2. The van der Waals surface area contributed by atoms with Gasteiger partial charge in [0.1, 0.15) is 6.54 Å². The van der Waals surface area contributed by atoms with Crippen LogP contribution in [0.15, 0.2) is 35.1 Å². The molecule has 0 radical (unpaired) electrons. The molecule has 0 unspecified atom stereocenters. The highest BCUT2D eigenvalue weighted by atomic mass is 35.5. The van der Waals surface area contributed by atoms with Gasteiger partial charge in [0.25, 0.3) is 0 Å². The topological polar surface area (TPSA) is 51.5 Å². The van der Waals surface area contributed by atoms with Crippen LogP contribution in [0.4, 0.5) is 5.69 Å². The number of nitrogens with zero attached hydrogens (tertiary/aromatic N) is 2. The van der Waals surface area contributed by atoms with Gasteiger partial charge in [-0.2, -0.15) is 0 Å². The second kappa shape index (κ2) is 7.84. The average Bonchev–Trinajstić information content (AvgIpc) is 2.64. The first-order valence-electron chi connectivity index (χ1n) is 9.37. The molecule has 1 aromatic heterocycles. The van der Waals surface area contributed by atoms with Gasteiger partial charge in [-0.25, -0.2) is 0 Å². The second-order valence-electron chi connectivity index (χ2n) is 7.34. The predicted octanol–water partition coefficient (Wildman–Crippen LogP) is 4.56. The van der Waals surface area contributed by atoms with Crippen LogP contribution in [0.3, 0.4) is 0 Å². The lowest BCUT2D eigenvalue weighted by atomic mass is 9.99. The molecule has 0 bridgehead atoms. The molecule has 0 N–H and O–H groups in total. The molecular formula is C22H25ClN2O3. The first-order valence-corrected chi connectivity index (χ1v) is 9.75. The summed E-state index contributed by atoms with van der Waals surface area (Å²) < 4.78 is 7.06. The van der Waals surface area contributed by atoms with Crippen molar-refractivity contribution in [1.82, 2.24) is 4.57 Å². The number of carbonyl (C=O) groups excluding carboxylic acids is 1. The van der Waals surface area contributed by atoms with Gasteiger partial charge in [-0.3, -0.25) is 9.59 Å². The second-order valence-corrected chi connectivity index (χ2v) is 7.75. The Morgan fingerprint density at radius 3 is 2.46 bits per heavy atom. The van der Waals surface area contributed by atoms with Gasteiger partial charge in [0.05, 0.1) is 28.4 Å². The molecule has 6 heteroatoms. The fourth-order valence-corrected chi connectivity index (χ4v) is 3.85. The number of aromatic nitrogens is 1. The molecule has 0 aliphatic rings. The lowest BCUT2D eigenvalue weighted by molar-refractivity contribution is -0.143. The van der Waals surface area contributed by atoms with Gasteiger partial charge in [-0.1, -0.05) is 31.5 Å². The number of anilines is 1. The number of ether oxygens (including phenoxy) is 1. The fourth-order valence-electron chi connectivity index (χ4n) is 3.53. The third kappa shape index (κ3) is 3.47. The van der Waals surface area contributed by atoms with Gasteiger partial charge in [0.15, 0.2) is 5.43 Å². The molecule has 148 valence electrons. The van der Waals surface area contributed by atoms with E-state index in [4.69, 9.17) is 16.3 Å². The van der Waals surface area contributed by atoms with Crippen molar-refractivity contribution in [3.8, 4) is 0 Å². The molecule has 0 amide bonds. The number of rotatable bonds is 5. The SMILES string of the molecule is CCOC(=O)Cn1c2cc(C(C)C)ccc2c(=O)c2ccc(Cl)c(N(C)C)c21. The Bertz CT molecular complexity index is 1120. The van der Waals surface area contributed by atoms with Crippen molar-refractivity contribution >= 4 is 45.1 Å². The van der Waals surface area contributed by atoms with Crippen molar-refractivity contribution < 1.29 is 9.53 Å². The van der Waals surface area contributed by atoms with E-state index in [1.54, 1.807) is 19.1 Å². The normalized spacial score (nSPS) is 11.4. The number of halogens is 1. The summed E-state index contributed by atoms with van der Waals surface area (Å²) in [6.07, 6.45) is 0. The Balaban J connectivity index is 2.52. The zero-order valence-corrected chi connectivity index (χ0v) is 17.6. The zero-order chi connectivity index (χ0) is 20.6. The van der Waals surface area contributed by atoms with Gasteiger partial charge >= 0.3 is 5.97 Å². The molecular weight excluding hydrogens is 376 g/mol. The number of hydrogen-bond donors (Lipinski definition) is 0. The summed E-state index contributed by atoms with van der Waals surface area (Å²) in [7, 11) is 3.74. The van der Waals surface area contributed by atoms with E-state index < -0.39 is 0 Å². The van der Waals surface area contributed by atoms with Crippen LogP contribution in [0.2, 0.25) is 5.02 Å². The molecule has 3 rings (SSSR count). The van der Waals surface area contributed by atoms with Crippen molar-refractivity contribution in [2.24, 2.45) is 0 Å². The molecule has 0 atom stereocenters. The van der Waals surface area contributed by atoms with Gasteiger partial charge in [0.2, 0.25) is 0 Å². The van der Waals surface area contributed by atoms with Crippen molar-refractivity contribution in [3.05, 3.63) is 51.1 Å². The predicted molar refractivity (Wildman–Crippen MR) is 116 cm³/mol. The number of pyridine rings is 1. The summed E-state index contributed by atoms with van der Waals surface area (Å²) in [5, 5.41) is 1.63. The monoisotopic (exact) mass is 400 g/mol. The van der Waals surface area contributed by atoms with Gasteiger partial charge in [-0.05, 0) is 42.7 Å². The largest absolute Gasteiger partial charge is 0.465 e. The Labute approximate surface area is 169 Å².